The summed E-state index contributed by atoms with van der Waals surface area (Å²) in [5.41, 5.74) is 21.7. The number of halogens is 2. The highest BCUT2D eigenvalue weighted by Gasteiger charge is 2.41. The van der Waals surface area contributed by atoms with E-state index in [1.165, 1.54) is 123 Å². The van der Waals surface area contributed by atoms with E-state index >= 15 is 0 Å². The Morgan fingerprint density at radius 2 is 0.712 bits per heavy atom. The summed E-state index contributed by atoms with van der Waals surface area (Å²) < 4.78 is 51.9. The van der Waals surface area contributed by atoms with Crippen molar-refractivity contribution in [2.75, 3.05) is 0 Å². The van der Waals surface area contributed by atoms with Gasteiger partial charge in [-0.15, -0.1) is 0 Å². The summed E-state index contributed by atoms with van der Waals surface area (Å²) >= 11 is 5.89. The Hall–Kier alpha value is -9.90. The average molecular weight is 1870 g/mol. The third-order valence-electron chi connectivity index (χ3n) is 23.5. The van der Waals surface area contributed by atoms with Crippen LogP contribution in [0.4, 0.5) is 0 Å². The number of rotatable bonds is 22. The molecule has 8 fully saturated rings. The lowest BCUT2D eigenvalue weighted by Crippen LogP contribution is -1.94. The van der Waals surface area contributed by atoms with E-state index in [0.29, 0.717) is 94.7 Å². The molecule has 0 aliphatic heterocycles. The SMILES string of the molecule is CC(C)c1noc(C2CC2)c1-c1ccccc1.CC(C)c1noc(C2CC2)c1-c1ccccn1.CC(C)c1noc(C2CC2)c1-c1ccn(C)n1.CC(C)c1noc(C2CC2)c1-c1cn(C)cn1.CC(C)c1noc(C2CC2)c1-c1cnc[nH]1.CC(C)c1noc(C2CC2)c1-c1cnn(C)c1.CC(C)c1noc(C2CC2)c1Br.CC(C)c1noc(C2CC2)c1I. The van der Waals surface area contributed by atoms with E-state index in [1.807, 2.05) is 109 Å². The molecular weight excluding hydrogens is 1750 g/mol. The first kappa shape index (κ1) is 89.9. The van der Waals surface area contributed by atoms with Gasteiger partial charge in [0.1, 0.15) is 40.3 Å². The van der Waals surface area contributed by atoms with Crippen LogP contribution in [-0.2, 0) is 21.1 Å². The van der Waals surface area contributed by atoms with Crippen LogP contribution in [0.1, 0.15) is 400 Å². The molecule has 0 amide bonds. The molecule has 0 saturated heterocycles. The fourth-order valence-corrected chi connectivity index (χ4v) is 17.5. The summed E-state index contributed by atoms with van der Waals surface area (Å²) in [6, 6.07) is 18.5. The molecule has 1 N–H and O–H groups in total. The van der Waals surface area contributed by atoms with Crippen LogP contribution >= 0.6 is 38.5 Å². The Bertz CT molecular complexity index is 5240. The van der Waals surface area contributed by atoms with E-state index in [4.69, 9.17) is 36.2 Å². The van der Waals surface area contributed by atoms with Gasteiger partial charge in [0, 0.05) is 116 Å². The molecule has 0 bridgehead atoms. The molecule has 1 aromatic carbocycles. The van der Waals surface area contributed by atoms with Gasteiger partial charge < -0.3 is 45.7 Å². The van der Waals surface area contributed by atoms with Crippen molar-refractivity contribution in [2.45, 2.75) is 308 Å². The standard InChI is InChI=1S/C15H17NO.C14H16N2O.3C13H17N3O.C12H15N3O.C9H12BrNO.C9H12INO/c1-10(2)14-13(11-6-4-3-5-7-11)15(17-16-14)12-8-9-12;1-9(2)13-12(11-5-3-4-8-15-11)14(17-16-13)10-6-7-10;1-8(2)12-11(10-6-16(3)7-14-10)13(17-15-12)9-4-5-9;1-8(2)12-11(10-6-14-16(3)7-10)13(17-15-12)9-4-5-9;1-8(2)12-11(10-6-7-16(3)14-10)13(17-15-12)9-4-5-9;1-7(2)11-10(9-5-13-6-14-9)12(16-15-11)8-3-4-8;2*1-5(2)8-7(10)9(12-11-8)6-3-4-6/h3-7,10,12H,8-9H2,1-2H3;3-5,8-10H,6-7H2,1-2H3;3*6-9H,4-5H2,1-3H3;5-8H,3-4H2,1-2H3,(H,13,14);2*5-6H,3-4H2,1-2H3. The highest BCUT2D eigenvalue weighted by Crippen LogP contribution is 2.53. The molecule has 25 nitrogen and oxygen atoms in total. The zero-order valence-corrected chi connectivity index (χ0v) is 79.8. The van der Waals surface area contributed by atoms with E-state index in [1.54, 1.807) is 6.33 Å². The van der Waals surface area contributed by atoms with E-state index in [0.717, 1.165) is 147 Å². The minimum absolute atomic E-state index is 0.364. The summed E-state index contributed by atoms with van der Waals surface area (Å²) in [5.74, 6) is 16.4. The Labute approximate surface area is 755 Å². The average Bonchev–Trinajstić information content (AvgIpc) is 1.64. The van der Waals surface area contributed by atoms with E-state index in [9.17, 15) is 0 Å². The molecule has 8 saturated carbocycles. The number of H-pyrrole nitrogens is 1. The van der Waals surface area contributed by atoms with Gasteiger partial charge in [-0.05, 0) is 201 Å². The van der Waals surface area contributed by atoms with Crippen molar-refractivity contribution in [3.63, 3.8) is 0 Å². The van der Waals surface area contributed by atoms with Crippen molar-refractivity contribution >= 4 is 38.5 Å². The monoisotopic (exact) mass is 1870 g/mol. The van der Waals surface area contributed by atoms with Gasteiger partial charge in [0.15, 0.2) is 11.5 Å². The second-order valence-corrected chi connectivity index (χ2v) is 39.4. The Morgan fingerprint density at radius 1 is 0.352 bits per heavy atom. The van der Waals surface area contributed by atoms with E-state index < -0.39 is 0 Å². The number of nitrogens with zero attached hydrogens (tertiary/aromatic N) is 16. The van der Waals surface area contributed by atoms with Crippen LogP contribution in [0.2, 0.25) is 0 Å². The zero-order valence-electron chi connectivity index (χ0n) is 76.0. The minimum Gasteiger partial charge on any atom is -0.360 e. The maximum Gasteiger partial charge on any atom is 0.154 e. The second-order valence-electron chi connectivity index (χ2n) is 37.5. The molecule has 22 rings (SSSR count). The van der Waals surface area contributed by atoms with Gasteiger partial charge in [0.05, 0.1) is 124 Å². The lowest BCUT2D eigenvalue weighted by molar-refractivity contribution is 0.375. The first-order valence-electron chi connectivity index (χ1n) is 45.4. The second kappa shape index (κ2) is 39.6. The quantitative estimate of drug-likeness (QED) is 0.0616. The van der Waals surface area contributed by atoms with Crippen molar-refractivity contribution in [2.24, 2.45) is 21.1 Å². The third kappa shape index (κ3) is 21.9. The highest BCUT2D eigenvalue weighted by molar-refractivity contribution is 14.1. The van der Waals surface area contributed by atoms with Crippen LogP contribution in [0, 0.1) is 3.57 Å². The maximum absolute atomic E-state index is 5.59. The number of hydrogen-bond donors (Lipinski definition) is 1. The minimum atomic E-state index is 0.364. The largest absolute Gasteiger partial charge is 0.360 e. The number of aromatic amines is 1. The van der Waals surface area contributed by atoms with Gasteiger partial charge in [-0.3, -0.25) is 14.3 Å². The predicted octanol–water partition coefficient (Wildman–Crippen LogP) is 27.1. The molecule has 8 aliphatic carbocycles. The molecule has 0 spiro atoms. The Kier molecular flexibility index (Phi) is 28.4. The number of nitrogens with one attached hydrogen (secondary N) is 1. The molecule has 125 heavy (non-hydrogen) atoms. The lowest BCUT2D eigenvalue weighted by atomic mass is 9.96. The maximum atomic E-state index is 5.59. The molecule has 13 aromatic heterocycles. The van der Waals surface area contributed by atoms with Gasteiger partial charge >= 0.3 is 0 Å². The number of imidazole rings is 2. The smallest absolute Gasteiger partial charge is 0.154 e. The summed E-state index contributed by atoms with van der Waals surface area (Å²) in [6.07, 6.45) is 34.8. The fraction of sp³-hybridized carbons (Fsp3) is 0.520. The van der Waals surface area contributed by atoms with Crippen LogP contribution in [0.3, 0.4) is 0 Å². The molecule has 0 unspecified atom stereocenters. The van der Waals surface area contributed by atoms with Crippen molar-refractivity contribution in [3.05, 3.63) is 204 Å². The Balaban J connectivity index is 0.000000111. The highest BCUT2D eigenvalue weighted by atomic mass is 127. The van der Waals surface area contributed by atoms with Gasteiger partial charge in [-0.25, -0.2) is 9.97 Å². The fourth-order valence-electron chi connectivity index (χ4n) is 15.3. The first-order valence-corrected chi connectivity index (χ1v) is 47.3. The van der Waals surface area contributed by atoms with Crippen molar-refractivity contribution in [1.82, 2.24) is 85.3 Å². The zero-order chi connectivity index (χ0) is 88.2. The number of benzene rings is 1. The van der Waals surface area contributed by atoms with Crippen LogP contribution in [0.15, 0.2) is 145 Å². The molecule has 27 heteroatoms. The molecule has 13 heterocycles. The number of pyridine rings is 1. The topological polar surface area (TPSA) is 303 Å². The van der Waals surface area contributed by atoms with Crippen LogP contribution in [0.25, 0.3) is 67.3 Å². The van der Waals surface area contributed by atoms with Gasteiger partial charge in [0.25, 0.3) is 0 Å². The van der Waals surface area contributed by atoms with Crippen LogP contribution < -0.4 is 0 Å². The van der Waals surface area contributed by atoms with Gasteiger partial charge in [-0.2, -0.15) is 10.2 Å². The van der Waals surface area contributed by atoms with Gasteiger partial charge in [0.2, 0.25) is 0 Å². The number of aryl methyl sites for hydroxylation is 3. The normalized spacial score (nSPS) is 16.0. The Morgan fingerprint density at radius 3 is 1.07 bits per heavy atom. The molecule has 662 valence electrons. The van der Waals surface area contributed by atoms with Crippen molar-refractivity contribution in [3.8, 4) is 67.3 Å². The van der Waals surface area contributed by atoms with Crippen molar-refractivity contribution < 1.29 is 36.2 Å². The molecular formula is C98H123BrIN17O8. The summed E-state index contributed by atoms with van der Waals surface area (Å²) in [6.45, 7) is 34.3. The molecule has 0 atom stereocenters. The lowest BCUT2D eigenvalue weighted by Gasteiger charge is -2.05. The van der Waals surface area contributed by atoms with Gasteiger partial charge in [-0.1, -0.05) is 188 Å². The summed E-state index contributed by atoms with van der Waals surface area (Å²) in [7, 11) is 5.85. The molecule has 14 aromatic rings. The first-order chi connectivity index (χ1) is 60.2. The van der Waals surface area contributed by atoms with Crippen molar-refractivity contribution in [1.29, 1.82) is 0 Å². The number of hydrogen-bond acceptors (Lipinski definition) is 21. The van der Waals surface area contributed by atoms with E-state index in [-0.39, 0.29) is 0 Å². The van der Waals surface area contributed by atoms with E-state index in [2.05, 4.69) is 245 Å². The molecule has 8 aliphatic rings. The third-order valence-corrected chi connectivity index (χ3v) is 25.4. The van der Waals surface area contributed by atoms with Crippen LogP contribution in [-0.4, -0.2) is 85.3 Å². The molecule has 0 radical (unpaired) electrons. The summed E-state index contributed by atoms with van der Waals surface area (Å²) in [4.78, 5) is 16.1. The summed E-state index contributed by atoms with van der Waals surface area (Å²) in [5, 5.41) is 42.3. The predicted molar refractivity (Wildman–Crippen MR) is 494 cm³/mol. The van der Waals surface area contributed by atoms with Crippen LogP contribution in [0.5, 0.6) is 0 Å². The number of aromatic nitrogens is 17.